The Labute approximate surface area is 110 Å². The third kappa shape index (κ3) is 3.54. The van der Waals surface area contributed by atoms with Crippen LogP contribution in [0.3, 0.4) is 0 Å². The maximum absolute atomic E-state index is 10.9. The molecule has 0 amide bonds. The Kier molecular flexibility index (Phi) is 5.65. The van der Waals surface area contributed by atoms with Gasteiger partial charge in [0.05, 0.1) is 0 Å². The van der Waals surface area contributed by atoms with E-state index in [1.54, 1.807) is 12.1 Å². The summed E-state index contributed by atoms with van der Waals surface area (Å²) in [5.74, 6) is -1.20. The van der Waals surface area contributed by atoms with Gasteiger partial charge in [0.15, 0.2) is 6.10 Å². The maximum atomic E-state index is 10.9. The Morgan fingerprint density at radius 1 is 1.47 bits per heavy atom. The molecule has 0 saturated heterocycles. The van der Waals surface area contributed by atoms with Gasteiger partial charge >= 0.3 is 5.97 Å². The summed E-state index contributed by atoms with van der Waals surface area (Å²) in [6.07, 6.45) is 1.13. The number of benzene rings is 1. The maximum Gasteiger partial charge on any atom is 0.337 e. The van der Waals surface area contributed by atoms with E-state index in [0.717, 1.165) is 35.7 Å². The molecule has 0 bridgehead atoms. The van der Waals surface area contributed by atoms with E-state index in [4.69, 9.17) is 5.11 Å². The van der Waals surface area contributed by atoms with Crippen molar-refractivity contribution in [3.8, 4) is 0 Å². The van der Waals surface area contributed by atoms with Gasteiger partial charge in [-0.25, -0.2) is 4.79 Å². The van der Waals surface area contributed by atoms with Crippen molar-refractivity contribution >= 4 is 21.9 Å². The molecule has 0 heterocycles. The van der Waals surface area contributed by atoms with E-state index in [1.807, 2.05) is 13.0 Å². The summed E-state index contributed by atoms with van der Waals surface area (Å²) in [4.78, 5) is 10.9. The van der Waals surface area contributed by atoms with Crippen molar-refractivity contribution in [2.75, 3.05) is 5.33 Å². The third-order valence-electron chi connectivity index (χ3n) is 2.78. The lowest BCUT2D eigenvalue weighted by molar-refractivity contribution is -0.147. The largest absolute Gasteiger partial charge is 0.479 e. The molecule has 0 saturated carbocycles. The summed E-state index contributed by atoms with van der Waals surface area (Å²) in [6, 6.07) is 5.49. The number of halogens is 1. The number of hydrogen-bond donors (Lipinski definition) is 2. The van der Waals surface area contributed by atoms with Crippen LogP contribution in [-0.2, 0) is 17.6 Å². The summed E-state index contributed by atoms with van der Waals surface area (Å²) in [7, 11) is 0. The summed E-state index contributed by atoms with van der Waals surface area (Å²) in [6.45, 7) is 2.03. The van der Waals surface area contributed by atoms with Crippen LogP contribution >= 0.6 is 15.9 Å². The molecule has 1 unspecified atom stereocenters. The van der Waals surface area contributed by atoms with Crippen LogP contribution in [0.15, 0.2) is 18.2 Å². The van der Waals surface area contributed by atoms with Crippen molar-refractivity contribution in [3.63, 3.8) is 0 Å². The minimum absolute atomic E-state index is 0.526. The van der Waals surface area contributed by atoms with Crippen LogP contribution in [0.25, 0.3) is 0 Å². The predicted octanol–water partition coefficient (Wildman–Crippen LogP) is 2.69. The van der Waals surface area contributed by atoms with Crippen LogP contribution in [0.5, 0.6) is 0 Å². The van der Waals surface area contributed by atoms with E-state index in [0.29, 0.717) is 5.56 Å². The summed E-state index contributed by atoms with van der Waals surface area (Å²) in [5, 5.41) is 19.4. The number of aliphatic hydroxyl groups is 1. The number of aliphatic hydroxyl groups excluding tert-OH is 1. The Hall–Kier alpha value is -0.870. The van der Waals surface area contributed by atoms with Crippen LogP contribution in [0.1, 0.15) is 36.1 Å². The molecule has 0 aromatic heterocycles. The average molecular weight is 301 g/mol. The van der Waals surface area contributed by atoms with E-state index in [-0.39, 0.29) is 0 Å². The molecule has 0 spiro atoms. The molecule has 1 aromatic rings. The fourth-order valence-electron chi connectivity index (χ4n) is 1.92. The van der Waals surface area contributed by atoms with E-state index in [1.165, 1.54) is 0 Å². The highest BCUT2D eigenvalue weighted by Crippen LogP contribution is 2.24. The van der Waals surface area contributed by atoms with E-state index >= 15 is 0 Å². The van der Waals surface area contributed by atoms with Gasteiger partial charge in [0.1, 0.15) is 0 Å². The van der Waals surface area contributed by atoms with Crippen molar-refractivity contribution in [1.29, 1.82) is 0 Å². The first kappa shape index (κ1) is 14.2. The fraction of sp³-hybridized carbons (Fsp3) is 0.462. The van der Waals surface area contributed by atoms with Crippen molar-refractivity contribution in [1.82, 2.24) is 0 Å². The average Bonchev–Trinajstić information content (AvgIpc) is 2.34. The number of rotatable bonds is 6. The second kappa shape index (κ2) is 6.77. The number of carbonyl (C=O) groups is 1. The lowest BCUT2D eigenvalue weighted by Crippen LogP contribution is -2.14. The normalized spacial score (nSPS) is 12.4. The molecule has 0 fully saturated rings. The molecule has 1 rings (SSSR count). The molecule has 3 nitrogen and oxygen atoms in total. The van der Waals surface area contributed by atoms with Crippen molar-refractivity contribution in [2.45, 2.75) is 32.3 Å². The van der Waals surface area contributed by atoms with Gasteiger partial charge in [-0.1, -0.05) is 41.1 Å². The highest BCUT2D eigenvalue weighted by atomic mass is 79.9. The number of aliphatic carboxylic acids is 1. The molecule has 0 aliphatic carbocycles. The highest BCUT2D eigenvalue weighted by Gasteiger charge is 2.20. The molecule has 4 heteroatoms. The molecule has 1 atom stereocenters. The predicted molar refractivity (Wildman–Crippen MR) is 70.5 cm³/mol. The van der Waals surface area contributed by atoms with E-state index in [9.17, 15) is 9.90 Å². The lowest BCUT2D eigenvalue weighted by atomic mass is 9.93. The summed E-state index contributed by atoms with van der Waals surface area (Å²) < 4.78 is 0. The van der Waals surface area contributed by atoms with Crippen LogP contribution in [-0.4, -0.2) is 21.5 Å². The Balaban J connectivity index is 3.13. The standard InChI is InChI=1S/C13H17BrO3/c1-2-9-5-3-6-11(12(15)13(16)17)10(9)7-4-8-14/h3,5-6,12,15H,2,4,7-8H2,1H3,(H,16,17). The van der Waals surface area contributed by atoms with E-state index < -0.39 is 12.1 Å². The Morgan fingerprint density at radius 3 is 2.71 bits per heavy atom. The van der Waals surface area contributed by atoms with Crippen molar-refractivity contribution in [3.05, 3.63) is 34.9 Å². The molecule has 1 aromatic carbocycles. The monoisotopic (exact) mass is 300 g/mol. The second-order valence-corrected chi connectivity index (χ2v) is 4.66. The topological polar surface area (TPSA) is 57.5 Å². The van der Waals surface area contributed by atoms with Crippen LogP contribution in [0, 0.1) is 0 Å². The number of aryl methyl sites for hydroxylation is 1. The molecule has 0 radical (unpaired) electrons. The lowest BCUT2D eigenvalue weighted by Gasteiger charge is -2.15. The molecule has 94 valence electrons. The molecular weight excluding hydrogens is 284 g/mol. The SMILES string of the molecule is CCc1cccc(C(O)C(=O)O)c1CCCBr. The van der Waals surface area contributed by atoms with E-state index in [2.05, 4.69) is 15.9 Å². The zero-order chi connectivity index (χ0) is 12.8. The van der Waals surface area contributed by atoms with Gasteiger partial charge in [-0.2, -0.15) is 0 Å². The van der Waals surface area contributed by atoms with Crippen molar-refractivity contribution in [2.24, 2.45) is 0 Å². The first-order valence-corrected chi connectivity index (χ1v) is 6.81. The second-order valence-electron chi connectivity index (χ2n) is 3.87. The number of carboxylic acid groups (broad SMARTS) is 1. The number of alkyl halides is 1. The minimum atomic E-state index is -1.42. The third-order valence-corrected chi connectivity index (χ3v) is 3.34. The molecular formula is C13H17BrO3. The van der Waals surface area contributed by atoms with Gasteiger partial charge < -0.3 is 10.2 Å². The first-order chi connectivity index (χ1) is 8.11. The first-order valence-electron chi connectivity index (χ1n) is 5.69. The molecule has 17 heavy (non-hydrogen) atoms. The van der Waals surface area contributed by atoms with Gasteiger partial charge in [0.25, 0.3) is 0 Å². The van der Waals surface area contributed by atoms with Crippen LogP contribution < -0.4 is 0 Å². The molecule has 0 aliphatic rings. The highest BCUT2D eigenvalue weighted by molar-refractivity contribution is 9.09. The minimum Gasteiger partial charge on any atom is -0.479 e. The van der Waals surface area contributed by atoms with Gasteiger partial charge in [-0.3, -0.25) is 0 Å². The van der Waals surface area contributed by atoms with Crippen LogP contribution in [0.2, 0.25) is 0 Å². The fourth-order valence-corrected chi connectivity index (χ4v) is 2.20. The van der Waals surface area contributed by atoms with Gasteiger partial charge in [-0.15, -0.1) is 0 Å². The van der Waals surface area contributed by atoms with Crippen molar-refractivity contribution < 1.29 is 15.0 Å². The Bertz CT molecular complexity index is 390. The molecule has 2 N–H and O–H groups in total. The summed E-state index contributed by atoms with van der Waals surface area (Å²) >= 11 is 3.37. The zero-order valence-electron chi connectivity index (χ0n) is 9.82. The van der Waals surface area contributed by atoms with Gasteiger partial charge in [0, 0.05) is 5.33 Å². The van der Waals surface area contributed by atoms with Gasteiger partial charge in [0.2, 0.25) is 0 Å². The van der Waals surface area contributed by atoms with Gasteiger partial charge in [-0.05, 0) is 36.0 Å². The number of carboxylic acids is 1. The zero-order valence-corrected chi connectivity index (χ0v) is 11.4. The number of hydrogen-bond acceptors (Lipinski definition) is 2. The summed E-state index contributed by atoms with van der Waals surface area (Å²) in [5.41, 5.74) is 2.62. The van der Waals surface area contributed by atoms with Crippen LogP contribution in [0.4, 0.5) is 0 Å². The molecule has 0 aliphatic heterocycles. The Morgan fingerprint density at radius 2 is 2.18 bits per heavy atom. The quantitative estimate of drug-likeness (QED) is 0.794. The smallest absolute Gasteiger partial charge is 0.337 e.